The van der Waals surface area contributed by atoms with E-state index in [1.165, 1.54) is 5.56 Å². The van der Waals surface area contributed by atoms with E-state index >= 15 is 0 Å². The lowest BCUT2D eigenvalue weighted by Crippen LogP contribution is -2.37. The molecular weight excluding hydrogens is 191 g/mol. The van der Waals surface area contributed by atoms with Gasteiger partial charge in [0.05, 0.1) is 6.04 Å². The molecule has 2 aliphatic heterocycles. The number of halogens is 1. The Labute approximate surface area is 88.9 Å². The summed E-state index contributed by atoms with van der Waals surface area (Å²) in [6.45, 7) is 2.11. The molecule has 80 valence electrons. The number of fused-ring (bicyclic) bond motifs is 3. The van der Waals surface area contributed by atoms with Crippen LogP contribution in [0.3, 0.4) is 0 Å². The van der Waals surface area contributed by atoms with Crippen LogP contribution in [0.15, 0.2) is 18.2 Å². The summed E-state index contributed by atoms with van der Waals surface area (Å²) in [4.78, 5) is 2.42. The Bertz CT molecular complexity index is 391. The van der Waals surface area contributed by atoms with E-state index in [0.717, 1.165) is 31.5 Å². The van der Waals surface area contributed by atoms with Crippen molar-refractivity contribution in [2.24, 2.45) is 5.73 Å². The number of hydrogen-bond donors (Lipinski definition) is 1. The predicted octanol–water partition coefficient (Wildman–Crippen LogP) is 1.46. The molecule has 0 saturated carbocycles. The number of nitrogens with two attached hydrogens (primary N) is 1. The van der Waals surface area contributed by atoms with E-state index in [4.69, 9.17) is 5.73 Å². The van der Waals surface area contributed by atoms with Crippen molar-refractivity contribution < 1.29 is 4.39 Å². The van der Waals surface area contributed by atoms with Crippen LogP contribution < -0.4 is 5.73 Å². The molecule has 2 aliphatic rings. The Balaban J connectivity index is 2.06. The zero-order valence-electron chi connectivity index (χ0n) is 8.62. The second kappa shape index (κ2) is 3.29. The first-order chi connectivity index (χ1) is 7.25. The van der Waals surface area contributed by atoms with Crippen molar-refractivity contribution in [2.45, 2.75) is 24.9 Å². The normalized spacial score (nSPS) is 30.0. The monoisotopic (exact) mass is 206 g/mol. The van der Waals surface area contributed by atoms with Crippen LogP contribution in [0.4, 0.5) is 4.39 Å². The average molecular weight is 206 g/mol. The summed E-state index contributed by atoms with van der Waals surface area (Å²) in [5.74, 6) is -0.131. The summed E-state index contributed by atoms with van der Waals surface area (Å²) < 4.78 is 13.1. The third kappa shape index (κ3) is 1.38. The van der Waals surface area contributed by atoms with Gasteiger partial charge in [0.1, 0.15) is 5.82 Å². The third-order valence-electron chi connectivity index (χ3n) is 3.64. The SMILES string of the molecule is NC1CCN2CCc3cc(F)ccc3C12. The van der Waals surface area contributed by atoms with Crippen molar-refractivity contribution >= 4 is 0 Å². The van der Waals surface area contributed by atoms with Gasteiger partial charge in [-0.25, -0.2) is 4.39 Å². The second-order valence-corrected chi connectivity index (χ2v) is 4.53. The van der Waals surface area contributed by atoms with Gasteiger partial charge in [0.15, 0.2) is 0 Å². The van der Waals surface area contributed by atoms with Crippen LogP contribution in [0.2, 0.25) is 0 Å². The minimum Gasteiger partial charge on any atom is -0.326 e. The highest BCUT2D eigenvalue weighted by Gasteiger charge is 2.36. The molecule has 1 aromatic carbocycles. The molecule has 0 bridgehead atoms. The van der Waals surface area contributed by atoms with E-state index in [1.54, 1.807) is 12.1 Å². The molecule has 3 heteroatoms. The Hall–Kier alpha value is -0.930. The van der Waals surface area contributed by atoms with Gasteiger partial charge in [-0.1, -0.05) is 6.07 Å². The maximum Gasteiger partial charge on any atom is 0.123 e. The largest absolute Gasteiger partial charge is 0.326 e. The fourth-order valence-electron chi connectivity index (χ4n) is 2.90. The van der Waals surface area contributed by atoms with Gasteiger partial charge in [-0.3, -0.25) is 4.90 Å². The zero-order valence-corrected chi connectivity index (χ0v) is 8.62. The lowest BCUT2D eigenvalue weighted by atomic mass is 9.91. The van der Waals surface area contributed by atoms with Gasteiger partial charge in [-0.15, -0.1) is 0 Å². The van der Waals surface area contributed by atoms with Gasteiger partial charge in [0.2, 0.25) is 0 Å². The minimum absolute atomic E-state index is 0.131. The van der Waals surface area contributed by atoms with Gasteiger partial charge in [-0.2, -0.15) is 0 Å². The molecule has 1 fully saturated rings. The fourth-order valence-corrected chi connectivity index (χ4v) is 2.90. The van der Waals surface area contributed by atoms with Crippen molar-refractivity contribution in [3.05, 3.63) is 35.1 Å². The summed E-state index contributed by atoms with van der Waals surface area (Å²) in [5, 5.41) is 0. The smallest absolute Gasteiger partial charge is 0.123 e. The molecule has 1 saturated heterocycles. The number of nitrogens with zero attached hydrogens (tertiary/aromatic N) is 1. The number of hydrogen-bond acceptors (Lipinski definition) is 2. The molecule has 2 N–H and O–H groups in total. The lowest BCUT2D eigenvalue weighted by Gasteiger charge is -2.33. The predicted molar refractivity (Wildman–Crippen MR) is 57.0 cm³/mol. The molecule has 0 amide bonds. The quantitative estimate of drug-likeness (QED) is 0.696. The standard InChI is InChI=1S/C12H15FN2/c13-9-1-2-10-8(7-9)3-5-15-6-4-11(14)12(10)15/h1-2,7,11-12H,3-6,14H2. The summed E-state index contributed by atoms with van der Waals surface area (Å²) in [5.41, 5.74) is 8.50. The number of rotatable bonds is 0. The van der Waals surface area contributed by atoms with E-state index in [2.05, 4.69) is 4.90 Å². The summed E-state index contributed by atoms with van der Waals surface area (Å²) >= 11 is 0. The molecule has 2 atom stereocenters. The van der Waals surface area contributed by atoms with Gasteiger partial charge in [0, 0.05) is 19.1 Å². The van der Waals surface area contributed by atoms with Gasteiger partial charge in [-0.05, 0) is 36.1 Å². The van der Waals surface area contributed by atoms with Crippen molar-refractivity contribution in [3.8, 4) is 0 Å². The second-order valence-electron chi connectivity index (χ2n) is 4.53. The maximum absolute atomic E-state index is 13.1. The molecule has 15 heavy (non-hydrogen) atoms. The molecule has 0 radical (unpaired) electrons. The van der Waals surface area contributed by atoms with Gasteiger partial charge >= 0.3 is 0 Å². The van der Waals surface area contributed by atoms with E-state index < -0.39 is 0 Å². The van der Waals surface area contributed by atoms with Crippen LogP contribution in [0.5, 0.6) is 0 Å². The Morgan fingerprint density at radius 2 is 2.20 bits per heavy atom. The van der Waals surface area contributed by atoms with Crippen LogP contribution >= 0.6 is 0 Å². The van der Waals surface area contributed by atoms with Crippen molar-refractivity contribution in [1.29, 1.82) is 0 Å². The van der Waals surface area contributed by atoms with Crippen molar-refractivity contribution in [2.75, 3.05) is 13.1 Å². The van der Waals surface area contributed by atoms with E-state index in [-0.39, 0.29) is 11.9 Å². The highest BCUT2D eigenvalue weighted by Crippen LogP contribution is 2.36. The van der Waals surface area contributed by atoms with Crippen LogP contribution in [0.1, 0.15) is 23.6 Å². The first-order valence-corrected chi connectivity index (χ1v) is 5.53. The van der Waals surface area contributed by atoms with Crippen molar-refractivity contribution in [1.82, 2.24) is 4.90 Å². The van der Waals surface area contributed by atoms with Crippen LogP contribution in [-0.2, 0) is 6.42 Å². The molecule has 0 spiro atoms. The summed E-state index contributed by atoms with van der Waals surface area (Å²) in [6.07, 6.45) is 2.01. The third-order valence-corrected chi connectivity index (χ3v) is 3.64. The summed E-state index contributed by atoms with van der Waals surface area (Å²) in [7, 11) is 0. The minimum atomic E-state index is -0.131. The molecule has 0 aliphatic carbocycles. The first kappa shape index (κ1) is 9.31. The van der Waals surface area contributed by atoms with E-state index in [1.807, 2.05) is 6.07 Å². The zero-order chi connectivity index (χ0) is 10.4. The highest BCUT2D eigenvalue weighted by molar-refractivity contribution is 5.35. The van der Waals surface area contributed by atoms with Crippen LogP contribution in [0, 0.1) is 5.82 Å². The average Bonchev–Trinajstić information content (AvgIpc) is 2.60. The molecular formula is C12H15FN2. The lowest BCUT2D eigenvalue weighted by molar-refractivity contribution is 0.234. The fraction of sp³-hybridized carbons (Fsp3) is 0.500. The molecule has 3 rings (SSSR count). The Morgan fingerprint density at radius 3 is 3.07 bits per heavy atom. The van der Waals surface area contributed by atoms with E-state index in [0.29, 0.717) is 6.04 Å². The molecule has 2 heterocycles. The maximum atomic E-state index is 13.1. The van der Waals surface area contributed by atoms with Crippen LogP contribution in [0.25, 0.3) is 0 Å². The number of benzene rings is 1. The first-order valence-electron chi connectivity index (χ1n) is 5.53. The molecule has 2 unspecified atom stereocenters. The summed E-state index contributed by atoms with van der Waals surface area (Å²) in [6, 6.07) is 5.67. The van der Waals surface area contributed by atoms with Crippen molar-refractivity contribution in [3.63, 3.8) is 0 Å². The molecule has 2 nitrogen and oxygen atoms in total. The highest BCUT2D eigenvalue weighted by atomic mass is 19.1. The Morgan fingerprint density at radius 1 is 1.33 bits per heavy atom. The van der Waals surface area contributed by atoms with E-state index in [9.17, 15) is 4.39 Å². The topological polar surface area (TPSA) is 29.3 Å². The Kier molecular flexibility index (Phi) is 2.04. The molecule has 1 aromatic rings. The van der Waals surface area contributed by atoms with Gasteiger partial charge in [0.25, 0.3) is 0 Å². The van der Waals surface area contributed by atoms with Crippen LogP contribution in [-0.4, -0.2) is 24.0 Å². The molecule has 0 aromatic heterocycles. The van der Waals surface area contributed by atoms with Gasteiger partial charge < -0.3 is 5.73 Å².